The summed E-state index contributed by atoms with van der Waals surface area (Å²) in [6, 6.07) is 9.44. The summed E-state index contributed by atoms with van der Waals surface area (Å²) in [5, 5.41) is 8.96. The van der Waals surface area contributed by atoms with Crippen LogP contribution < -0.4 is 0 Å². The third-order valence-electron chi connectivity index (χ3n) is 2.10. The molecule has 0 aliphatic carbocycles. The highest BCUT2D eigenvalue weighted by Crippen LogP contribution is 2.34. The molecule has 0 spiro atoms. The van der Waals surface area contributed by atoms with Crippen molar-refractivity contribution in [2.75, 3.05) is 19.6 Å². The van der Waals surface area contributed by atoms with Crippen molar-refractivity contribution in [2.45, 2.75) is 12.7 Å². The summed E-state index contributed by atoms with van der Waals surface area (Å²) in [4.78, 5) is 17.3. The zero-order chi connectivity index (χ0) is 13.4. The molecule has 0 amide bonds. The highest BCUT2D eigenvalue weighted by atomic mass is 31.2. The lowest BCUT2D eigenvalue weighted by Crippen LogP contribution is -2.24. The van der Waals surface area contributed by atoms with Gasteiger partial charge in [0.15, 0.2) is 0 Å². The fourth-order valence-electron chi connectivity index (χ4n) is 1.24. The van der Waals surface area contributed by atoms with Crippen LogP contribution >= 0.6 is 7.60 Å². The highest BCUT2D eigenvalue weighted by molar-refractivity contribution is 7.51. The third-order valence-corrected chi connectivity index (χ3v) is 2.58. The van der Waals surface area contributed by atoms with Crippen LogP contribution in [0, 0.1) is 0 Å². The molecule has 18 heavy (non-hydrogen) atoms. The molecule has 0 saturated heterocycles. The molecule has 0 aliphatic rings. The molecular weight excluding hydrogens is 259 g/mol. The Morgan fingerprint density at radius 2 is 1.89 bits per heavy atom. The maximum absolute atomic E-state index is 10.6. The van der Waals surface area contributed by atoms with E-state index in [1.807, 2.05) is 30.3 Å². The van der Waals surface area contributed by atoms with Gasteiger partial charge in [-0.1, -0.05) is 30.3 Å². The monoisotopic (exact) mass is 276 g/mol. The van der Waals surface area contributed by atoms with Gasteiger partial charge in [-0.15, -0.1) is 0 Å². The zero-order valence-corrected chi connectivity index (χ0v) is 10.7. The number of hydrogen-bond acceptors (Lipinski definition) is 4. The van der Waals surface area contributed by atoms with Crippen molar-refractivity contribution in [1.82, 2.24) is 0 Å². The smallest absolute Gasteiger partial charge is 0.350 e. The molecule has 0 bridgehead atoms. The van der Waals surface area contributed by atoms with Crippen molar-refractivity contribution >= 4 is 7.60 Å². The van der Waals surface area contributed by atoms with Gasteiger partial charge in [0.25, 0.3) is 0 Å². The van der Waals surface area contributed by atoms with Gasteiger partial charge < -0.3 is 24.4 Å². The average Bonchev–Trinajstić information content (AvgIpc) is 2.33. The minimum absolute atomic E-state index is 0.0748. The van der Waals surface area contributed by atoms with Crippen LogP contribution in [0.15, 0.2) is 30.3 Å². The minimum atomic E-state index is -4.21. The molecule has 1 aromatic carbocycles. The molecule has 1 rings (SSSR count). The van der Waals surface area contributed by atoms with E-state index in [0.717, 1.165) is 5.56 Å². The Hall–Kier alpha value is -0.750. The lowest BCUT2D eigenvalue weighted by molar-refractivity contribution is -0.0351. The summed E-state index contributed by atoms with van der Waals surface area (Å²) in [5.74, 6) is 0. The molecule has 3 N–H and O–H groups in total. The average molecular weight is 276 g/mol. The summed E-state index contributed by atoms with van der Waals surface area (Å²) in [5.41, 5.74) is 0.976. The van der Waals surface area contributed by atoms with E-state index in [1.54, 1.807) is 0 Å². The minimum Gasteiger partial charge on any atom is -0.394 e. The maximum atomic E-state index is 10.6. The van der Waals surface area contributed by atoms with Crippen molar-refractivity contribution < 1.29 is 28.9 Å². The van der Waals surface area contributed by atoms with Crippen molar-refractivity contribution in [3.05, 3.63) is 35.9 Å². The summed E-state index contributed by atoms with van der Waals surface area (Å²) >= 11 is 0. The van der Waals surface area contributed by atoms with E-state index >= 15 is 0 Å². The van der Waals surface area contributed by atoms with Crippen molar-refractivity contribution in [1.29, 1.82) is 0 Å². The molecule has 0 aromatic heterocycles. The van der Waals surface area contributed by atoms with Gasteiger partial charge in [0, 0.05) is 0 Å². The van der Waals surface area contributed by atoms with E-state index in [4.69, 9.17) is 24.4 Å². The molecule has 0 heterocycles. The molecule has 1 aromatic rings. The predicted octanol–water partition coefficient (Wildman–Crippen LogP) is 0.716. The Kier molecular flexibility index (Phi) is 6.49. The number of rotatable bonds is 8. The molecule has 7 heteroatoms. The van der Waals surface area contributed by atoms with E-state index in [0.29, 0.717) is 6.61 Å². The van der Waals surface area contributed by atoms with Crippen LogP contribution in [0.1, 0.15) is 5.56 Å². The second-order valence-corrected chi connectivity index (χ2v) is 5.35. The van der Waals surface area contributed by atoms with Crippen LogP contribution in [0.3, 0.4) is 0 Å². The van der Waals surface area contributed by atoms with Gasteiger partial charge in [-0.2, -0.15) is 0 Å². The number of benzene rings is 1. The summed E-state index contributed by atoms with van der Waals surface area (Å²) in [6.07, 6.45) is -1.45. The fourth-order valence-corrected chi connectivity index (χ4v) is 1.64. The largest absolute Gasteiger partial charge is 0.394 e. The lowest BCUT2D eigenvalue weighted by atomic mass is 10.2. The molecule has 1 unspecified atom stereocenters. The Balaban J connectivity index is 2.25. The molecule has 1 atom stereocenters. The fraction of sp³-hybridized carbons (Fsp3) is 0.455. The van der Waals surface area contributed by atoms with Crippen LogP contribution in [0.4, 0.5) is 0 Å². The van der Waals surface area contributed by atoms with Crippen LogP contribution in [0.25, 0.3) is 0 Å². The number of aliphatic hydroxyl groups excluding tert-OH is 1. The van der Waals surface area contributed by atoms with E-state index in [2.05, 4.69) is 0 Å². The van der Waals surface area contributed by atoms with Crippen LogP contribution in [-0.2, 0) is 20.6 Å². The summed E-state index contributed by atoms with van der Waals surface area (Å²) in [6.45, 7) is 0.0802. The van der Waals surface area contributed by atoms with Crippen LogP contribution in [0.2, 0.25) is 0 Å². The predicted molar refractivity (Wildman–Crippen MR) is 65.0 cm³/mol. The Labute approximate surface area is 105 Å². The normalized spacial score (nSPS) is 13.5. The van der Waals surface area contributed by atoms with Crippen LogP contribution in [0.5, 0.6) is 0 Å². The van der Waals surface area contributed by atoms with Crippen molar-refractivity contribution in [3.8, 4) is 0 Å². The Morgan fingerprint density at radius 1 is 1.22 bits per heavy atom. The first-order chi connectivity index (χ1) is 8.51. The number of aliphatic hydroxyl groups is 1. The molecule has 0 fully saturated rings. The number of hydrogen-bond donors (Lipinski definition) is 3. The van der Waals surface area contributed by atoms with Gasteiger partial charge in [0.2, 0.25) is 0 Å². The van der Waals surface area contributed by atoms with Gasteiger partial charge in [0.1, 0.15) is 12.5 Å². The standard InChI is InChI=1S/C11H17O6P/c12-6-11(17-9-18(13,14)15)8-16-7-10-4-2-1-3-5-10/h1-5,11-12H,6-9H2,(H2,13,14,15). The SMILES string of the molecule is O=P(O)(O)COC(CO)COCc1ccccc1. The van der Waals surface area contributed by atoms with Gasteiger partial charge >= 0.3 is 7.60 Å². The molecule has 102 valence electrons. The molecule has 0 radical (unpaired) electrons. The number of ether oxygens (including phenoxy) is 2. The summed E-state index contributed by atoms with van der Waals surface area (Å²) in [7, 11) is -4.21. The van der Waals surface area contributed by atoms with E-state index in [-0.39, 0.29) is 13.2 Å². The molecule has 0 aliphatic heterocycles. The van der Waals surface area contributed by atoms with Gasteiger partial charge in [0.05, 0.1) is 19.8 Å². The lowest BCUT2D eigenvalue weighted by Gasteiger charge is -2.16. The van der Waals surface area contributed by atoms with Crippen molar-refractivity contribution in [3.63, 3.8) is 0 Å². The quantitative estimate of drug-likeness (QED) is 0.605. The second kappa shape index (κ2) is 7.63. The van der Waals surface area contributed by atoms with Gasteiger partial charge in [-0.3, -0.25) is 4.57 Å². The molecular formula is C11H17O6P. The topological polar surface area (TPSA) is 96.2 Å². The van der Waals surface area contributed by atoms with Gasteiger partial charge in [-0.25, -0.2) is 0 Å². The summed E-state index contributed by atoms with van der Waals surface area (Å²) < 4.78 is 20.7. The van der Waals surface area contributed by atoms with Gasteiger partial charge in [-0.05, 0) is 5.56 Å². The first-order valence-electron chi connectivity index (χ1n) is 5.40. The maximum Gasteiger partial charge on any atom is 0.350 e. The Bertz CT molecular complexity index is 376. The first-order valence-corrected chi connectivity index (χ1v) is 7.20. The van der Waals surface area contributed by atoms with E-state index in [9.17, 15) is 4.57 Å². The second-order valence-electron chi connectivity index (χ2n) is 3.77. The zero-order valence-electron chi connectivity index (χ0n) is 9.81. The third kappa shape index (κ3) is 6.86. The van der Waals surface area contributed by atoms with E-state index < -0.39 is 20.0 Å². The highest BCUT2D eigenvalue weighted by Gasteiger charge is 2.17. The van der Waals surface area contributed by atoms with Crippen LogP contribution in [-0.4, -0.2) is 40.6 Å². The molecule has 0 saturated carbocycles. The van der Waals surface area contributed by atoms with E-state index in [1.165, 1.54) is 0 Å². The molecule has 6 nitrogen and oxygen atoms in total. The first kappa shape index (κ1) is 15.3. The Morgan fingerprint density at radius 3 is 2.44 bits per heavy atom. The van der Waals surface area contributed by atoms with Crippen molar-refractivity contribution in [2.24, 2.45) is 0 Å².